The van der Waals surface area contributed by atoms with Crippen LogP contribution in [0.5, 0.6) is 0 Å². The molecule has 6 heteroatoms. The van der Waals surface area contributed by atoms with Crippen LogP contribution in [0.15, 0.2) is 40.8 Å². The molecule has 0 aliphatic heterocycles. The van der Waals surface area contributed by atoms with Crippen LogP contribution >= 0.6 is 0 Å². The highest BCUT2D eigenvalue weighted by atomic mass is 16.5. The van der Waals surface area contributed by atoms with Crippen molar-refractivity contribution in [1.82, 2.24) is 0 Å². The number of rotatable bonds is 6. The van der Waals surface area contributed by atoms with Crippen molar-refractivity contribution in [1.29, 1.82) is 0 Å². The highest BCUT2D eigenvalue weighted by molar-refractivity contribution is 5.96. The smallest absolute Gasteiger partial charge is 0.342 e. The lowest BCUT2D eigenvalue weighted by Gasteiger charge is -2.12. The monoisotopic (exact) mass is 306 g/mol. The van der Waals surface area contributed by atoms with Gasteiger partial charge in [-0.3, -0.25) is 0 Å². The van der Waals surface area contributed by atoms with Crippen LogP contribution in [-0.4, -0.2) is 40.6 Å². The van der Waals surface area contributed by atoms with Gasteiger partial charge in [0.25, 0.3) is 0 Å². The summed E-state index contributed by atoms with van der Waals surface area (Å²) in [4.78, 5) is 12.0. The van der Waals surface area contributed by atoms with Crippen LogP contribution in [-0.2, 0) is 4.74 Å². The van der Waals surface area contributed by atoms with Gasteiger partial charge in [0, 0.05) is 5.56 Å². The number of furan rings is 1. The Morgan fingerprint density at radius 3 is 2.55 bits per heavy atom. The highest BCUT2D eigenvalue weighted by Gasteiger charge is 2.27. The first-order valence-electron chi connectivity index (χ1n) is 6.91. The summed E-state index contributed by atoms with van der Waals surface area (Å²) < 4.78 is 10.5. The third kappa shape index (κ3) is 3.36. The largest absolute Gasteiger partial charge is 0.462 e. The molecule has 1 heterocycles. The molecule has 0 bridgehead atoms. The maximum Gasteiger partial charge on any atom is 0.342 e. The van der Waals surface area contributed by atoms with Crippen LogP contribution in [0, 0.1) is 0 Å². The van der Waals surface area contributed by atoms with Gasteiger partial charge < -0.3 is 24.5 Å². The highest BCUT2D eigenvalue weighted by Crippen LogP contribution is 2.31. The van der Waals surface area contributed by atoms with Crippen LogP contribution in [0.1, 0.15) is 29.1 Å². The molecule has 0 aliphatic rings. The van der Waals surface area contributed by atoms with E-state index in [0.29, 0.717) is 5.56 Å². The molecule has 0 saturated carbocycles. The quantitative estimate of drug-likeness (QED) is 0.700. The molecular weight excluding hydrogens is 288 g/mol. The summed E-state index contributed by atoms with van der Waals surface area (Å²) in [5, 5.41) is 28.4. The summed E-state index contributed by atoms with van der Waals surface area (Å²) >= 11 is 0. The minimum atomic E-state index is -1.43. The molecule has 0 fully saturated rings. The predicted molar refractivity (Wildman–Crippen MR) is 78.2 cm³/mol. The Morgan fingerprint density at radius 2 is 1.95 bits per heavy atom. The van der Waals surface area contributed by atoms with Gasteiger partial charge in [-0.2, -0.15) is 0 Å². The average molecular weight is 306 g/mol. The number of hydrogen-bond acceptors (Lipinski definition) is 6. The number of hydrogen-bond donors (Lipinski definition) is 3. The number of aliphatic hydroxyl groups is 3. The van der Waals surface area contributed by atoms with E-state index in [1.165, 1.54) is 6.07 Å². The molecule has 0 saturated heterocycles. The first kappa shape index (κ1) is 16.2. The van der Waals surface area contributed by atoms with Gasteiger partial charge in [0.2, 0.25) is 0 Å². The molecule has 0 aliphatic carbocycles. The Morgan fingerprint density at radius 1 is 1.27 bits per heavy atom. The number of ether oxygens (including phenoxy) is 1. The molecule has 2 aromatic rings. The van der Waals surface area contributed by atoms with Crippen molar-refractivity contribution in [3.05, 3.63) is 47.7 Å². The molecule has 1 aromatic heterocycles. The van der Waals surface area contributed by atoms with Gasteiger partial charge in [0.15, 0.2) is 0 Å². The second-order valence-electron chi connectivity index (χ2n) is 4.67. The molecule has 0 unspecified atom stereocenters. The summed E-state index contributed by atoms with van der Waals surface area (Å²) in [5.74, 6) is -0.344. The summed E-state index contributed by atoms with van der Waals surface area (Å²) in [6.45, 7) is 1.26. The normalized spacial score (nSPS) is 13.6. The third-order valence-corrected chi connectivity index (χ3v) is 3.13. The van der Waals surface area contributed by atoms with Gasteiger partial charge in [-0.1, -0.05) is 30.3 Å². The van der Waals surface area contributed by atoms with Gasteiger partial charge in [-0.05, 0) is 13.0 Å². The minimum Gasteiger partial charge on any atom is -0.462 e. The number of esters is 1. The topological polar surface area (TPSA) is 100 Å². The van der Waals surface area contributed by atoms with Gasteiger partial charge in [0.05, 0.1) is 13.2 Å². The second-order valence-corrected chi connectivity index (χ2v) is 4.67. The summed E-state index contributed by atoms with van der Waals surface area (Å²) in [5.41, 5.74) is 0.801. The Bertz CT molecular complexity index is 619. The van der Waals surface area contributed by atoms with Crippen LogP contribution in [0.25, 0.3) is 11.3 Å². The molecule has 2 atom stereocenters. The molecule has 0 radical (unpaired) electrons. The molecule has 118 valence electrons. The lowest BCUT2D eigenvalue weighted by molar-refractivity contribution is -0.0249. The molecule has 22 heavy (non-hydrogen) atoms. The molecular formula is C16H18O6. The second kappa shape index (κ2) is 7.22. The fraction of sp³-hybridized carbons (Fsp3) is 0.312. The lowest BCUT2D eigenvalue weighted by atomic mass is 10.1. The Kier molecular flexibility index (Phi) is 5.32. The summed E-state index contributed by atoms with van der Waals surface area (Å²) in [6, 6.07) is 10.2. The van der Waals surface area contributed by atoms with Crippen molar-refractivity contribution in [3.8, 4) is 11.3 Å². The fourth-order valence-corrected chi connectivity index (χ4v) is 2.01. The zero-order valence-electron chi connectivity index (χ0n) is 12.1. The number of aliphatic hydroxyl groups excluding tert-OH is 3. The zero-order valence-corrected chi connectivity index (χ0v) is 12.1. The van der Waals surface area contributed by atoms with Crippen molar-refractivity contribution in [3.63, 3.8) is 0 Å². The van der Waals surface area contributed by atoms with Gasteiger partial charge in [-0.25, -0.2) is 4.79 Å². The van der Waals surface area contributed by atoms with E-state index in [4.69, 9.17) is 14.3 Å². The van der Waals surface area contributed by atoms with Crippen LogP contribution in [0.4, 0.5) is 0 Å². The van der Waals surface area contributed by atoms with Crippen LogP contribution in [0.2, 0.25) is 0 Å². The van der Waals surface area contributed by atoms with E-state index in [-0.39, 0.29) is 23.7 Å². The van der Waals surface area contributed by atoms with Crippen molar-refractivity contribution in [2.45, 2.75) is 19.1 Å². The van der Waals surface area contributed by atoms with E-state index >= 15 is 0 Å². The van der Waals surface area contributed by atoms with Crippen molar-refractivity contribution >= 4 is 5.97 Å². The van der Waals surface area contributed by atoms with E-state index in [1.807, 2.05) is 6.07 Å². The predicted octanol–water partition coefficient (Wildman–Crippen LogP) is 1.51. The van der Waals surface area contributed by atoms with E-state index in [0.717, 1.165) is 0 Å². The average Bonchev–Trinajstić information content (AvgIpc) is 2.99. The molecule has 0 amide bonds. The summed E-state index contributed by atoms with van der Waals surface area (Å²) in [6.07, 6.45) is -2.83. The van der Waals surface area contributed by atoms with E-state index in [9.17, 15) is 15.0 Å². The molecule has 0 spiro atoms. The van der Waals surface area contributed by atoms with Crippen LogP contribution < -0.4 is 0 Å². The number of carbonyl (C=O) groups excluding carboxylic acids is 1. The van der Waals surface area contributed by atoms with Crippen LogP contribution in [0.3, 0.4) is 0 Å². The molecule has 2 rings (SSSR count). The standard InChI is InChI=1S/C16H18O6/c1-2-21-16(20)11-8-13(14(19)12(18)9-17)22-15(11)10-6-4-3-5-7-10/h3-8,12,14,17-19H,2,9H2,1H3/t12-,14+/m1/s1. The van der Waals surface area contributed by atoms with E-state index in [2.05, 4.69) is 0 Å². The van der Waals surface area contributed by atoms with Gasteiger partial charge in [0.1, 0.15) is 29.3 Å². The van der Waals surface area contributed by atoms with Gasteiger partial charge >= 0.3 is 5.97 Å². The van der Waals surface area contributed by atoms with E-state index in [1.54, 1.807) is 31.2 Å². The minimum absolute atomic E-state index is 0.0107. The van der Waals surface area contributed by atoms with Gasteiger partial charge in [-0.15, -0.1) is 0 Å². The Hall–Kier alpha value is -2.15. The molecule has 1 aromatic carbocycles. The SMILES string of the molecule is CCOC(=O)c1cc([C@@H](O)[C@H](O)CO)oc1-c1ccccc1. The molecule has 6 nitrogen and oxygen atoms in total. The Balaban J connectivity index is 2.46. The van der Waals surface area contributed by atoms with Crippen molar-refractivity contribution < 1.29 is 29.3 Å². The first-order valence-corrected chi connectivity index (χ1v) is 6.91. The number of carbonyl (C=O) groups is 1. The third-order valence-electron chi connectivity index (χ3n) is 3.13. The Labute approximate surface area is 127 Å². The fourth-order valence-electron chi connectivity index (χ4n) is 2.01. The maximum atomic E-state index is 12.0. The summed E-state index contributed by atoms with van der Waals surface area (Å²) in [7, 11) is 0. The van der Waals surface area contributed by atoms with Crippen molar-refractivity contribution in [2.24, 2.45) is 0 Å². The van der Waals surface area contributed by atoms with Crippen molar-refractivity contribution in [2.75, 3.05) is 13.2 Å². The van der Waals surface area contributed by atoms with E-state index < -0.39 is 24.8 Å². The maximum absolute atomic E-state index is 12.0. The lowest BCUT2D eigenvalue weighted by Crippen LogP contribution is -2.21. The number of benzene rings is 1. The zero-order chi connectivity index (χ0) is 16.1. The molecule has 3 N–H and O–H groups in total. The first-order chi connectivity index (χ1) is 10.6.